The third kappa shape index (κ3) is 4.96. The Labute approximate surface area is 173 Å². The summed E-state index contributed by atoms with van der Waals surface area (Å²) in [5.74, 6) is 0.536. The Kier molecular flexibility index (Phi) is 6.90. The van der Waals surface area contributed by atoms with Crippen LogP contribution in [-0.2, 0) is 16.1 Å². The molecule has 0 aliphatic rings. The molecule has 0 aliphatic carbocycles. The molecule has 0 spiro atoms. The van der Waals surface area contributed by atoms with Gasteiger partial charge in [-0.2, -0.15) is 0 Å². The number of amides is 1. The van der Waals surface area contributed by atoms with Gasteiger partial charge in [0, 0.05) is 12.8 Å². The lowest BCUT2D eigenvalue weighted by Crippen LogP contribution is -2.28. The molecule has 0 radical (unpaired) electrons. The summed E-state index contributed by atoms with van der Waals surface area (Å²) < 4.78 is 11.8. The minimum Gasteiger partial charge on any atom is -0.497 e. The minimum absolute atomic E-state index is 0.141. The number of nitrogens with one attached hydrogen (secondary N) is 1. The summed E-state index contributed by atoms with van der Waals surface area (Å²) in [7, 11) is 3.17. The average Bonchev–Trinajstić information content (AvgIpc) is 2.74. The highest BCUT2D eigenvalue weighted by atomic mass is 32.2. The van der Waals surface area contributed by atoms with Crippen LogP contribution in [0.2, 0.25) is 0 Å². The van der Waals surface area contributed by atoms with E-state index in [4.69, 9.17) is 9.47 Å². The molecule has 7 nitrogen and oxygen atoms in total. The summed E-state index contributed by atoms with van der Waals surface area (Å²) in [6.45, 7) is 2.52. The van der Waals surface area contributed by atoms with Crippen LogP contribution < -0.4 is 15.6 Å². The second kappa shape index (κ2) is 9.58. The van der Waals surface area contributed by atoms with Crippen LogP contribution in [0.4, 0.5) is 5.69 Å². The molecule has 0 saturated carbocycles. The summed E-state index contributed by atoms with van der Waals surface area (Å²) in [4.78, 5) is 30.2. The number of thioether (sulfide) groups is 1. The van der Waals surface area contributed by atoms with Crippen LogP contribution in [0.3, 0.4) is 0 Å². The topological polar surface area (TPSA) is 82.4 Å². The van der Waals surface area contributed by atoms with E-state index < -0.39 is 5.25 Å². The predicted octanol–water partition coefficient (Wildman–Crippen LogP) is 3.17. The molecule has 0 bridgehead atoms. The Hall–Kier alpha value is -2.84. The number of methoxy groups -OCH3 is 2. The van der Waals surface area contributed by atoms with Crippen molar-refractivity contribution >= 4 is 34.3 Å². The summed E-state index contributed by atoms with van der Waals surface area (Å²) in [6, 6.07) is 14.3. The number of benzene rings is 2. The van der Waals surface area contributed by atoms with E-state index >= 15 is 0 Å². The Bertz CT molecular complexity index is 1050. The van der Waals surface area contributed by atoms with Gasteiger partial charge in [0.2, 0.25) is 5.91 Å². The van der Waals surface area contributed by atoms with Crippen molar-refractivity contribution in [2.45, 2.75) is 23.9 Å². The third-order valence-corrected chi connectivity index (χ3v) is 5.44. The van der Waals surface area contributed by atoms with Gasteiger partial charge in [-0.3, -0.25) is 14.2 Å². The van der Waals surface area contributed by atoms with Crippen LogP contribution in [0.25, 0.3) is 10.9 Å². The lowest BCUT2D eigenvalue weighted by atomic mass is 10.2. The van der Waals surface area contributed by atoms with Gasteiger partial charge in [-0.25, -0.2) is 4.98 Å². The standard InChI is InChI=1S/C21H23N3O4S/c1-14(19(25)22-15-8-10-16(28-3)11-9-15)29-21-23-18-7-5-4-6-17(18)20(26)24(21)12-13-27-2/h4-11,14H,12-13H2,1-3H3,(H,22,25)/t14-/m0/s1. The number of hydrogen-bond donors (Lipinski definition) is 1. The maximum atomic E-state index is 12.9. The maximum absolute atomic E-state index is 12.9. The molecule has 0 aliphatic heterocycles. The average molecular weight is 413 g/mol. The highest BCUT2D eigenvalue weighted by molar-refractivity contribution is 8.00. The molecule has 2 aromatic carbocycles. The molecule has 0 unspecified atom stereocenters. The van der Waals surface area contributed by atoms with E-state index in [0.717, 1.165) is 0 Å². The Balaban J connectivity index is 1.83. The SMILES string of the molecule is COCCn1c(S[C@@H](C)C(=O)Nc2ccc(OC)cc2)nc2ccccc2c1=O. The predicted molar refractivity (Wildman–Crippen MR) is 115 cm³/mol. The number of hydrogen-bond acceptors (Lipinski definition) is 6. The first kappa shape index (κ1) is 20.9. The van der Waals surface area contributed by atoms with E-state index in [2.05, 4.69) is 10.3 Å². The van der Waals surface area contributed by atoms with E-state index in [9.17, 15) is 9.59 Å². The van der Waals surface area contributed by atoms with E-state index in [1.807, 2.05) is 12.1 Å². The first-order valence-electron chi connectivity index (χ1n) is 9.13. The number of fused-ring (bicyclic) bond motifs is 1. The number of aromatic nitrogens is 2. The fourth-order valence-electron chi connectivity index (χ4n) is 2.75. The third-order valence-electron chi connectivity index (χ3n) is 4.35. The smallest absolute Gasteiger partial charge is 0.262 e. The first-order valence-corrected chi connectivity index (χ1v) is 10.0. The number of nitrogens with zero attached hydrogens (tertiary/aromatic N) is 2. The molecule has 1 amide bonds. The number of carbonyl (C=O) groups is 1. The van der Waals surface area contributed by atoms with Gasteiger partial charge in [0.1, 0.15) is 5.75 Å². The fraction of sp³-hybridized carbons (Fsp3) is 0.286. The molecule has 1 aromatic heterocycles. The Morgan fingerprint density at radius 3 is 2.59 bits per heavy atom. The zero-order valence-electron chi connectivity index (χ0n) is 16.5. The normalized spacial score (nSPS) is 12.0. The second-order valence-corrected chi connectivity index (χ2v) is 7.65. The van der Waals surface area contributed by atoms with Gasteiger partial charge < -0.3 is 14.8 Å². The lowest BCUT2D eigenvalue weighted by molar-refractivity contribution is -0.115. The van der Waals surface area contributed by atoms with Gasteiger partial charge in [0.25, 0.3) is 5.56 Å². The zero-order chi connectivity index (χ0) is 20.8. The number of carbonyl (C=O) groups excluding carboxylic acids is 1. The molecular formula is C21H23N3O4S. The number of para-hydroxylation sites is 1. The van der Waals surface area contributed by atoms with Gasteiger partial charge in [-0.1, -0.05) is 23.9 Å². The quantitative estimate of drug-likeness (QED) is 0.451. The van der Waals surface area contributed by atoms with Crippen LogP contribution in [0.15, 0.2) is 58.5 Å². The highest BCUT2D eigenvalue weighted by Gasteiger charge is 2.19. The Morgan fingerprint density at radius 2 is 1.90 bits per heavy atom. The lowest BCUT2D eigenvalue weighted by Gasteiger charge is -2.16. The van der Waals surface area contributed by atoms with Crippen molar-refractivity contribution < 1.29 is 14.3 Å². The van der Waals surface area contributed by atoms with Gasteiger partial charge in [0.05, 0.1) is 36.4 Å². The van der Waals surface area contributed by atoms with Gasteiger partial charge in [-0.15, -0.1) is 0 Å². The van der Waals surface area contributed by atoms with Crippen LogP contribution in [0.1, 0.15) is 6.92 Å². The molecule has 152 valence electrons. The fourth-order valence-corrected chi connectivity index (χ4v) is 3.68. The number of anilines is 1. The van der Waals surface area contributed by atoms with E-state index in [0.29, 0.717) is 40.6 Å². The van der Waals surface area contributed by atoms with Crippen molar-refractivity contribution in [3.05, 3.63) is 58.9 Å². The second-order valence-electron chi connectivity index (χ2n) is 6.34. The molecule has 1 atom stereocenters. The summed E-state index contributed by atoms with van der Waals surface area (Å²) in [5, 5.41) is 3.45. The van der Waals surface area contributed by atoms with E-state index in [1.54, 1.807) is 62.1 Å². The number of rotatable bonds is 8. The van der Waals surface area contributed by atoms with Crippen LogP contribution >= 0.6 is 11.8 Å². The zero-order valence-corrected chi connectivity index (χ0v) is 17.4. The molecule has 0 fully saturated rings. The molecule has 1 heterocycles. The van der Waals surface area contributed by atoms with Crippen molar-refractivity contribution in [2.75, 3.05) is 26.1 Å². The van der Waals surface area contributed by atoms with Crippen molar-refractivity contribution in [1.29, 1.82) is 0 Å². The van der Waals surface area contributed by atoms with Crippen molar-refractivity contribution in [3.8, 4) is 5.75 Å². The van der Waals surface area contributed by atoms with Gasteiger partial charge in [-0.05, 0) is 43.3 Å². The van der Waals surface area contributed by atoms with Crippen LogP contribution in [0.5, 0.6) is 5.75 Å². The van der Waals surface area contributed by atoms with Crippen LogP contribution in [0, 0.1) is 0 Å². The molecule has 3 rings (SSSR count). The molecule has 29 heavy (non-hydrogen) atoms. The van der Waals surface area contributed by atoms with Crippen molar-refractivity contribution in [3.63, 3.8) is 0 Å². The number of ether oxygens (including phenoxy) is 2. The Morgan fingerprint density at radius 1 is 1.17 bits per heavy atom. The molecule has 8 heteroatoms. The monoisotopic (exact) mass is 413 g/mol. The van der Waals surface area contributed by atoms with Crippen LogP contribution in [-0.4, -0.2) is 41.5 Å². The molecule has 3 aromatic rings. The minimum atomic E-state index is -0.459. The van der Waals surface area contributed by atoms with E-state index in [1.165, 1.54) is 11.8 Å². The summed E-state index contributed by atoms with van der Waals surface area (Å²) in [6.07, 6.45) is 0. The molecule has 0 saturated heterocycles. The first-order chi connectivity index (χ1) is 14.0. The summed E-state index contributed by atoms with van der Waals surface area (Å²) in [5.41, 5.74) is 1.14. The largest absolute Gasteiger partial charge is 0.497 e. The van der Waals surface area contributed by atoms with Gasteiger partial charge in [0.15, 0.2) is 5.16 Å². The van der Waals surface area contributed by atoms with Crippen molar-refractivity contribution in [1.82, 2.24) is 9.55 Å². The summed E-state index contributed by atoms with van der Waals surface area (Å²) >= 11 is 1.24. The van der Waals surface area contributed by atoms with Crippen molar-refractivity contribution in [2.24, 2.45) is 0 Å². The van der Waals surface area contributed by atoms with E-state index in [-0.39, 0.29) is 11.5 Å². The maximum Gasteiger partial charge on any atom is 0.262 e. The van der Waals surface area contributed by atoms with Gasteiger partial charge >= 0.3 is 0 Å². The molecular weight excluding hydrogens is 390 g/mol. The molecule has 1 N–H and O–H groups in total. The highest BCUT2D eigenvalue weighted by Crippen LogP contribution is 2.24.